The van der Waals surface area contributed by atoms with E-state index in [2.05, 4.69) is 39.6 Å². The molecular weight excluding hydrogens is 295 g/mol. The van der Waals surface area contributed by atoms with Crippen LogP contribution in [0.3, 0.4) is 0 Å². The van der Waals surface area contributed by atoms with E-state index in [0.717, 1.165) is 32.7 Å². The second-order valence-corrected chi connectivity index (χ2v) is 4.56. The van der Waals surface area contributed by atoms with Gasteiger partial charge in [0.25, 0.3) is 0 Å². The first kappa shape index (κ1) is 16.8. The molecule has 0 bridgehead atoms. The minimum atomic E-state index is 0. The maximum absolute atomic E-state index is 4.25. The molecule has 0 atom stereocenters. The molecule has 20 heavy (non-hydrogen) atoms. The third-order valence-corrected chi connectivity index (χ3v) is 3.36. The second-order valence-electron chi connectivity index (χ2n) is 4.56. The quantitative estimate of drug-likeness (QED) is 0.944. The van der Waals surface area contributed by atoms with Gasteiger partial charge in [-0.15, -0.1) is 24.8 Å². The summed E-state index contributed by atoms with van der Waals surface area (Å²) in [6.07, 6.45) is 3.85. The van der Waals surface area contributed by atoms with E-state index < -0.39 is 0 Å². The Balaban J connectivity index is 0.000001000. The number of halogens is 2. The van der Waals surface area contributed by atoms with Crippen molar-refractivity contribution in [1.82, 2.24) is 15.1 Å². The maximum Gasteiger partial charge on any atom is 0.0584 e. The summed E-state index contributed by atoms with van der Waals surface area (Å²) in [6.45, 7) is 4.99. The van der Waals surface area contributed by atoms with E-state index in [-0.39, 0.29) is 24.8 Å². The van der Waals surface area contributed by atoms with Gasteiger partial charge in [0, 0.05) is 44.3 Å². The molecule has 0 fully saturated rings. The fourth-order valence-corrected chi connectivity index (χ4v) is 2.41. The molecule has 2 aromatic rings. The average Bonchev–Trinajstić information content (AvgIpc) is 2.84. The van der Waals surface area contributed by atoms with Crippen molar-refractivity contribution < 1.29 is 0 Å². The fourth-order valence-electron chi connectivity index (χ4n) is 2.41. The van der Waals surface area contributed by atoms with Crippen LogP contribution in [-0.4, -0.2) is 29.4 Å². The van der Waals surface area contributed by atoms with Gasteiger partial charge in [-0.3, -0.25) is 4.68 Å². The Labute approximate surface area is 132 Å². The number of hydrogen-bond donors (Lipinski definition) is 1. The number of para-hydroxylation sites is 1. The van der Waals surface area contributed by atoms with E-state index in [0.29, 0.717) is 0 Å². The Morgan fingerprint density at radius 3 is 2.75 bits per heavy atom. The summed E-state index contributed by atoms with van der Waals surface area (Å²) in [7, 11) is 0. The molecule has 1 aromatic carbocycles. The lowest BCUT2D eigenvalue weighted by atomic mass is 10.1. The van der Waals surface area contributed by atoms with Crippen LogP contribution < -0.4 is 10.2 Å². The van der Waals surface area contributed by atoms with Crippen LogP contribution in [0.5, 0.6) is 0 Å². The lowest BCUT2D eigenvalue weighted by Crippen LogP contribution is -2.31. The first-order valence-corrected chi connectivity index (χ1v) is 6.44. The predicted molar refractivity (Wildman–Crippen MR) is 87.1 cm³/mol. The highest BCUT2D eigenvalue weighted by Crippen LogP contribution is 2.21. The van der Waals surface area contributed by atoms with Gasteiger partial charge >= 0.3 is 0 Å². The van der Waals surface area contributed by atoms with Crippen molar-refractivity contribution in [2.45, 2.75) is 13.1 Å². The zero-order valence-electron chi connectivity index (χ0n) is 11.2. The van der Waals surface area contributed by atoms with Gasteiger partial charge in [-0.1, -0.05) is 18.2 Å². The van der Waals surface area contributed by atoms with Gasteiger partial charge in [-0.25, -0.2) is 0 Å². The second kappa shape index (κ2) is 8.15. The number of hydrogen-bond acceptors (Lipinski definition) is 3. The number of fused-ring (bicyclic) bond motifs is 1. The first-order valence-electron chi connectivity index (χ1n) is 6.44. The van der Waals surface area contributed by atoms with E-state index in [4.69, 9.17) is 0 Å². The Morgan fingerprint density at radius 2 is 1.95 bits per heavy atom. The Bertz CT molecular complexity index is 502. The zero-order valence-corrected chi connectivity index (χ0v) is 12.9. The summed E-state index contributed by atoms with van der Waals surface area (Å²) in [5, 5.41) is 7.72. The van der Waals surface area contributed by atoms with E-state index in [1.165, 1.54) is 11.3 Å². The van der Waals surface area contributed by atoms with Crippen molar-refractivity contribution in [2.24, 2.45) is 0 Å². The number of nitrogens with zero attached hydrogens (tertiary/aromatic N) is 3. The summed E-state index contributed by atoms with van der Waals surface area (Å²) in [6, 6.07) is 10.6. The van der Waals surface area contributed by atoms with E-state index in [1.807, 2.05) is 23.1 Å². The van der Waals surface area contributed by atoms with Crippen LogP contribution in [0.4, 0.5) is 5.69 Å². The van der Waals surface area contributed by atoms with Crippen LogP contribution in [0.1, 0.15) is 5.56 Å². The highest BCUT2D eigenvalue weighted by molar-refractivity contribution is 5.85. The van der Waals surface area contributed by atoms with Crippen LogP contribution in [0.25, 0.3) is 0 Å². The normalized spacial score (nSPS) is 13.7. The Morgan fingerprint density at radius 1 is 1.10 bits per heavy atom. The van der Waals surface area contributed by atoms with Gasteiger partial charge in [0.1, 0.15) is 0 Å². The lowest BCUT2D eigenvalue weighted by molar-refractivity contribution is 0.590. The van der Waals surface area contributed by atoms with Crippen LogP contribution in [0.15, 0.2) is 42.7 Å². The summed E-state index contributed by atoms with van der Waals surface area (Å²) < 4.78 is 1.99. The summed E-state index contributed by atoms with van der Waals surface area (Å²) in [5.74, 6) is 0. The third kappa shape index (κ3) is 3.88. The fraction of sp³-hybridized carbons (Fsp3) is 0.357. The van der Waals surface area contributed by atoms with Crippen molar-refractivity contribution in [1.29, 1.82) is 0 Å². The smallest absolute Gasteiger partial charge is 0.0584 e. The number of aromatic nitrogens is 2. The minimum absolute atomic E-state index is 0. The number of benzene rings is 1. The molecule has 0 aliphatic carbocycles. The maximum atomic E-state index is 4.25. The SMILES string of the molecule is Cl.Cl.c1ccc2c(c1)CNCCN2CCn1cccn1. The van der Waals surface area contributed by atoms with Crippen molar-refractivity contribution in [3.8, 4) is 0 Å². The van der Waals surface area contributed by atoms with Crippen molar-refractivity contribution in [3.63, 3.8) is 0 Å². The van der Waals surface area contributed by atoms with Crippen molar-refractivity contribution >= 4 is 30.5 Å². The van der Waals surface area contributed by atoms with Gasteiger partial charge in [0.05, 0.1) is 6.54 Å². The number of rotatable bonds is 3. The van der Waals surface area contributed by atoms with Gasteiger partial charge in [-0.2, -0.15) is 5.10 Å². The van der Waals surface area contributed by atoms with E-state index in [9.17, 15) is 0 Å². The minimum Gasteiger partial charge on any atom is -0.368 e. The predicted octanol–water partition coefficient (Wildman–Crippen LogP) is 2.34. The molecule has 1 aromatic heterocycles. The molecule has 0 radical (unpaired) electrons. The van der Waals surface area contributed by atoms with Crippen molar-refractivity contribution in [3.05, 3.63) is 48.3 Å². The molecule has 0 saturated carbocycles. The number of anilines is 1. The topological polar surface area (TPSA) is 33.1 Å². The molecule has 0 amide bonds. The molecular formula is C14H20Cl2N4. The largest absolute Gasteiger partial charge is 0.368 e. The molecule has 1 N–H and O–H groups in total. The van der Waals surface area contributed by atoms with Gasteiger partial charge in [0.15, 0.2) is 0 Å². The molecule has 0 unspecified atom stereocenters. The molecule has 0 spiro atoms. The summed E-state index contributed by atoms with van der Waals surface area (Å²) in [4.78, 5) is 2.44. The molecule has 3 rings (SSSR count). The molecule has 110 valence electrons. The van der Waals surface area contributed by atoms with Gasteiger partial charge in [-0.05, 0) is 17.7 Å². The van der Waals surface area contributed by atoms with E-state index >= 15 is 0 Å². The molecule has 0 saturated heterocycles. The van der Waals surface area contributed by atoms with Crippen LogP contribution in [0.2, 0.25) is 0 Å². The van der Waals surface area contributed by atoms with Gasteiger partial charge < -0.3 is 10.2 Å². The van der Waals surface area contributed by atoms with Crippen LogP contribution in [0, 0.1) is 0 Å². The molecule has 6 heteroatoms. The standard InChI is InChI=1S/C14H18N4.2ClH/c1-2-5-14-13(4-1)12-15-7-9-17(14)10-11-18-8-3-6-16-18;;/h1-6,8,15H,7,9-12H2;2*1H. The molecule has 1 aliphatic rings. The summed E-state index contributed by atoms with van der Waals surface area (Å²) in [5.41, 5.74) is 2.74. The molecule has 2 heterocycles. The van der Waals surface area contributed by atoms with Gasteiger partial charge in [0.2, 0.25) is 0 Å². The van der Waals surface area contributed by atoms with Crippen molar-refractivity contribution in [2.75, 3.05) is 24.5 Å². The zero-order chi connectivity index (χ0) is 12.2. The Kier molecular flexibility index (Phi) is 6.85. The molecule has 4 nitrogen and oxygen atoms in total. The average molecular weight is 315 g/mol. The van der Waals surface area contributed by atoms with Crippen LogP contribution >= 0.6 is 24.8 Å². The first-order chi connectivity index (χ1) is 8.93. The van der Waals surface area contributed by atoms with Crippen LogP contribution in [-0.2, 0) is 13.1 Å². The van der Waals surface area contributed by atoms with E-state index in [1.54, 1.807) is 0 Å². The highest BCUT2D eigenvalue weighted by atomic mass is 35.5. The monoisotopic (exact) mass is 314 g/mol. The highest BCUT2D eigenvalue weighted by Gasteiger charge is 2.13. The Hall–Kier alpha value is -1.23. The summed E-state index contributed by atoms with van der Waals surface area (Å²) >= 11 is 0. The third-order valence-electron chi connectivity index (χ3n) is 3.36. The molecule has 1 aliphatic heterocycles. The lowest BCUT2D eigenvalue weighted by Gasteiger charge is -2.24. The number of nitrogens with one attached hydrogen (secondary N) is 1.